The lowest BCUT2D eigenvalue weighted by Crippen LogP contribution is -2.39. The molecule has 0 spiro atoms. The highest BCUT2D eigenvalue weighted by Gasteiger charge is 2.30. The van der Waals surface area contributed by atoms with Gasteiger partial charge in [-0.15, -0.1) is 0 Å². The first kappa shape index (κ1) is 29.2. The molecule has 2 aliphatic rings. The van der Waals surface area contributed by atoms with Crippen LogP contribution >= 0.6 is 0 Å². The Labute approximate surface area is 232 Å². The molecule has 39 heavy (non-hydrogen) atoms. The number of aromatic nitrogens is 2. The van der Waals surface area contributed by atoms with Crippen molar-refractivity contribution in [3.63, 3.8) is 0 Å². The number of benzene rings is 1. The third kappa shape index (κ3) is 8.34. The van der Waals surface area contributed by atoms with Crippen LogP contribution in [0.5, 0.6) is 0 Å². The Kier molecular flexibility index (Phi) is 9.09. The maximum absolute atomic E-state index is 13.2. The lowest BCUT2D eigenvalue weighted by molar-refractivity contribution is -0.154. The Morgan fingerprint density at radius 2 is 1.74 bits per heavy atom. The fraction of sp³-hybridized carbons (Fsp3) is 0.600. The van der Waals surface area contributed by atoms with Crippen LogP contribution in [0.25, 0.3) is 0 Å². The van der Waals surface area contributed by atoms with E-state index in [-0.39, 0.29) is 29.3 Å². The lowest BCUT2D eigenvalue weighted by Gasteiger charge is -2.35. The fourth-order valence-electron chi connectivity index (χ4n) is 5.11. The summed E-state index contributed by atoms with van der Waals surface area (Å²) in [5, 5.41) is 0. The molecule has 0 atom stereocenters. The second-order valence-electron chi connectivity index (χ2n) is 12.0. The summed E-state index contributed by atoms with van der Waals surface area (Å²) in [6.45, 7) is 8.00. The molecular weight excluding hydrogens is 514 g/mol. The van der Waals surface area contributed by atoms with E-state index in [2.05, 4.69) is 14.9 Å². The molecule has 2 aromatic rings. The SMILES string of the molecule is Cc1cc(S(=O)(=O)CCC(=O)OC(C)(C)C)ccc1CC(=O)c1cc(N(CC2CC2)C2CCCCC2)ncn1. The second-order valence-corrected chi connectivity index (χ2v) is 14.1. The van der Waals surface area contributed by atoms with Gasteiger partial charge in [-0.25, -0.2) is 18.4 Å². The zero-order chi connectivity index (χ0) is 28.2. The first-order valence-electron chi connectivity index (χ1n) is 14.1. The smallest absolute Gasteiger partial charge is 0.307 e. The van der Waals surface area contributed by atoms with Gasteiger partial charge in [-0.05, 0) is 82.6 Å². The van der Waals surface area contributed by atoms with E-state index in [1.54, 1.807) is 39.8 Å². The number of nitrogens with zero attached hydrogens (tertiary/aromatic N) is 3. The number of hydrogen-bond acceptors (Lipinski definition) is 8. The van der Waals surface area contributed by atoms with Crippen molar-refractivity contribution in [2.24, 2.45) is 5.92 Å². The summed E-state index contributed by atoms with van der Waals surface area (Å²) in [6, 6.07) is 7.04. The predicted molar refractivity (Wildman–Crippen MR) is 151 cm³/mol. The molecule has 212 valence electrons. The van der Waals surface area contributed by atoms with Crippen molar-refractivity contribution in [3.05, 3.63) is 47.4 Å². The third-order valence-corrected chi connectivity index (χ3v) is 9.13. The maximum atomic E-state index is 13.2. The Balaban J connectivity index is 1.43. The number of anilines is 1. The van der Waals surface area contributed by atoms with Gasteiger partial charge in [0.05, 0.1) is 17.1 Å². The number of ketones is 1. The quantitative estimate of drug-likeness (QED) is 0.273. The molecule has 0 saturated heterocycles. The molecule has 0 N–H and O–H groups in total. The van der Waals surface area contributed by atoms with Crippen LogP contribution in [-0.4, -0.2) is 54.1 Å². The minimum absolute atomic E-state index is 0.118. The van der Waals surface area contributed by atoms with Crippen LogP contribution < -0.4 is 4.90 Å². The molecule has 2 saturated carbocycles. The number of carbonyl (C=O) groups is 2. The van der Waals surface area contributed by atoms with E-state index in [9.17, 15) is 18.0 Å². The fourth-order valence-corrected chi connectivity index (χ4v) is 6.41. The van der Waals surface area contributed by atoms with Gasteiger partial charge in [-0.3, -0.25) is 9.59 Å². The third-order valence-electron chi connectivity index (χ3n) is 7.42. The molecule has 2 fully saturated rings. The summed E-state index contributed by atoms with van der Waals surface area (Å²) >= 11 is 0. The van der Waals surface area contributed by atoms with E-state index in [0.29, 0.717) is 23.2 Å². The Hall–Kier alpha value is -2.81. The predicted octanol–water partition coefficient (Wildman–Crippen LogP) is 5.27. The molecule has 9 heteroatoms. The molecule has 0 aliphatic heterocycles. The standard InChI is InChI=1S/C30H41N3O5S/c1-21-16-25(39(36,37)15-14-29(35)38-30(2,3)4)13-12-23(21)17-27(34)26-18-28(32-20-31-26)33(19-22-10-11-22)24-8-6-5-7-9-24/h12-13,16,18,20,22,24H,5-11,14-15,17,19H2,1-4H3. The van der Waals surface area contributed by atoms with Crippen molar-refractivity contribution in [1.82, 2.24) is 9.97 Å². The van der Waals surface area contributed by atoms with Gasteiger partial charge in [-0.2, -0.15) is 0 Å². The Morgan fingerprint density at radius 1 is 1.03 bits per heavy atom. The molecule has 1 aromatic heterocycles. The van der Waals surface area contributed by atoms with Crippen LogP contribution in [0.15, 0.2) is 35.5 Å². The van der Waals surface area contributed by atoms with Gasteiger partial charge < -0.3 is 9.64 Å². The van der Waals surface area contributed by atoms with E-state index in [1.807, 2.05) is 6.07 Å². The van der Waals surface area contributed by atoms with E-state index < -0.39 is 21.4 Å². The molecule has 8 nitrogen and oxygen atoms in total. The normalized spacial score (nSPS) is 16.6. The number of aryl methyl sites for hydroxylation is 1. The van der Waals surface area contributed by atoms with Gasteiger partial charge in [0.1, 0.15) is 23.4 Å². The van der Waals surface area contributed by atoms with Gasteiger partial charge in [-0.1, -0.05) is 25.3 Å². The lowest BCUT2D eigenvalue weighted by atomic mass is 9.94. The van der Waals surface area contributed by atoms with Crippen molar-refractivity contribution < 1.29 is 22.7 Å². The largest absolute Gasteiger partial charge is 0.460 e. The number of esters is 1. The van der Waals surface area contributed by atoms with E-state index in [1.165, 1.54) is 44.5 Å². The summed E-state index contributed by atoms with van der Waals surface area (Å²) in [5.41, 5.74) is 1.16. The zero-order valence-electron chi connectivity index (χ0n) is 23.6. The zero-order valence-corrected chi connectivity index (χ0v) is 24.4. The Bertz CT molecular complexity index is 1290. The summed E-state index contributed by atoms with van der Waals surface area (Å²) in [5.74, 6) is 0.533. The average molecular weight is 556 g/mol. The molecule has 0 amide bonds. The van der Waals surface area contributed by atoms with Crippen LogP contribution in [-0.2, 0) is 25.8 Å². The van der Waals surface area contributed by atoms with Crippen molar-refractivity contribution in [3.8, 4) is 0 Å². The number of ether oxygens (including phenoxy) is 1. The summed E-state index contributed by atoms with van der Waals surface area (Å²) in [4.78, 5) is 36.6. The van der Waals surface area contributed by atoms with E-state index in [4.69, 9.17) is 4.74 Å². The minimum atomic E-state index is -3.67. The number of rotatable bonds is 11. The maximum Gasteiger partial charge on any atom is 0.307 e. The van der Waals surface area contributed by atoms with Gasteiger partial charge in [0.25, 0.3) is 0 Å². The molecule has 0 bridgehead atoms. The number of hydrogen-bond donors (Lipinski definition) is 0. The number of sulfone groups is 1. The molecular formula is C30H41N3O5S. The highest BCUT2D eigenvalue weighted by atomic mass is 32.2. The molecule has 1 heterocycles. The summed E-state index contributed by atoms with van der Waals surface area (Å²) in [7, 11) is -3.67. The first-order chi connectivity index (χ1) is 18.4. The second kappa shape index (κ2) is 12.1. The van der Waals surface area contributed by atoms with Gasteiger partial charge in [0.2, 0.25) is 0 Å². The molecule has 0 unspecified atom stereocenters. The average Bonchev–Trinajstić information content (AvgIpc) is 3.71. The Morgan fingerprint density at radius 3 is 2.38 bits per heavy atom. The van der Waals surface area contributed by atoms with Crippen molar-refractivity contribution in [2.45, 2.75) is 102 Å². The van der Waals surface area contributed by atoms with E-state index >= 15 is 0 Å². The van der Waals surface area contributed by atoms with Gasteiger partial charge >= 0.3 is 5.97 Å². The highest BCUT2D eigenvalue weighted by molar-refractivity contribution is 7.91. The monoisotopic (exact) mass is 555 g/mol. The van der Waals surface area contributed by atoms with Crippen LogP contribution in [0.4, 0.5) is 5.82 Å². The van der Waals surface area contributed by atoms with E-state index in [0.717, 1.165) is 30.8 Å². The molecule has 0 radical (unpaired) electrons. The molecule has 1 aromatic carbocycles. The molecule has 4 rings (SSSR count). The van der Waals surface area contributed by atoms with Crippen LogP contribution in [0.1, 0.15) is 93.8 Å². The van der Waals surface area contributed by atoms with Gasteiger partial charge in [0, 0.05) is 25.1 Å². The topological polar surface area (TPSA) is 107 Å². The van der Waals surface area contributed by atoms with Crippen molar-refractivity contribution in [2.75, 3.05) is 17.2 Å². The van der Waals surface area contributed by atoms with Crippen LogP contribution in [0.2, 0.25) is 0 Å². The minimum Gasteiger partial charge on any atom is -0.460 e. The van der Waals surface area contributed by atoms with Crippen molar-refractivity contribution in [1.29, 1.82) is 0 Å². The first-order valence-corrected chi connectivity index (χ1v) is 15.7. The molecule has 2 aliphatic carbocycles. The van der Waals surface area contributed by atoms with Crippen LogP contribution in [0, 0.1) is 12.8 Å². The highest BCUT2D eigenvalue weighted by Crippen LogP contribution is 2.34. The van der Waals surface area contributed by atoms with Gasteiger partial charge in [0.15, 0.2) is 15.6 Å². The summed E-state index contributed by atoms with van der Waals surface area (Å²) in [6.07, 6.45) is 9.96. The number of carbonyl (C=O) groups excluding carboxylic acids is 2. The van der Waals surface area contributed by atoms with Crippen LogP contribution in [0.3, 0.4) is 0 Å². The summed E-state index contributed by atoms with van der Waals surface area (Å²) < 4.78 is 30.9. The number of Topliss-reactive ketones (excluding diaryl/α,β-unsaturated/α-hetero) is 1. The van der Waals surface area contributed by atoms with Crippen molar-refractivity contribution >= 4 is 27.4 Å².